The van der Waals surface area contributed by atoms with Gasteiger partial charge in [-0.15, -0.1) is 0 Å². The molecule has 0 atom stereocenters. The molecule has 0 heterocycles. The zero-order valence-corrected chi connectivity index (χ0v) is 6.78. The van der Waals surface area contributed by atoms with Crippen LogP contribution < -0.4 is 0 Å². The lowest BCUT2D eigenvalue weighted by atomic mass is 10.2. The monoisotopic (exact) mass is 164 g/mol. The van der Waals surface area contributed by atoms with Crippen LogP contribution in [0.25, 0.3) is 0 Å². The number of halogens is 2. The quantitative estimate of drug-likeness (QED) is 0.548. The highest BCUT2D eigenvalue weighted by atomic mass is 19.3. The zero-order chi connectivity index (χ0) is 8.53. The predicted molar refractivity (Wildman–Crippen MR) is 40.6 cm³/mol. The Morgan fingerprint density at radius 2 is 2.09 bits per heavy atom. The largest absolute Gasteiger partial charge is 0.382 e. The van der Waals surface area contributed by atoms with Gasteiger partial charge in [0.15, 0.2) is 0 Å². The molecule has 0 spiro atoms. The Labute approximate surface area is 66.0 Å². The Kier molecular flexibility index (Phi) is 7.36. The Bertz CT molecular complexity index is 109. The Balaban J connectivity index is 2.97. The second kappa shape index (κ2) is 7.66. The standard InChI is InChI=1S/C8H14F2O/c1-2-11-7-5-3-4-6-8(9)10/h6H,2-5,7H2,1H3. The molecule has 66 valence electrons. The molecule has 0 aliphatic heterocycles. The van der Waals surface area contributed by atoms with Gasteiger partial charge in [0, 0.05) is 13.2 Å². The summed E-state index contributed by atoms with van der Waals surface area (Å²) in [7, 11) is 0. The summed E-state index contributed by atoms with van der Waals surface area (Å²) < 4.78 is 27.9. The third-order valence-electron chi connectivity index (χ3n) is 1.25. The van der Waals surface area contributed by atoms with E-state index in [-0.39, 0.29) is 0 Å². The second-order valence-corrected chi connectivity index (χ2v) is 2.19. The Morgan fingerprint density at radius 1 is 1.36 bits per heavy atom. The molecule has 0 aliphatic rings. The minimum absolute atomic E-state index is 0.454. The lowest BCUT2D eigenvalue weighted by Gasteiger charge is -1.97. The van der Waals surface area contributed by atoms with Crippen LogP contribution >= 0.6 is 0 Å². The highest BCUT2D eigenvalue weighted by molar-refractivity contribution is 4.79. The van der Waals surface area contributed by atoms with Gasteiger partial charge in [0.1, 0.15) is 0 Å². The summed E-state index contributed by atoms with van der Waals surface area (Å²) in [5, 5.41) is 0. The summed E-state index contributed by atoms with van der Waals surface area (Å²) in [6.45, 7) is 3.30. The number of allylic oxidation sites excluding steroid dienone is 1. The highest BCUT2D eigenvalue weighted by Crippen LogP contribution is 2.03. The minimum atomic E-state index is -1.58. The smallest absolute Gasteiger partial charge is 0.266 e. The van der Waals surface area contributed by atoms with E-state index in [9.17, 15) is 8.78 Å². The van der Waals surface area contributed by atoms with Crippen molar-refractivity contribution < 1.29 is 13.5 Å². The molecule has 0 saturated heterocycles. The molecule has 0 aliphatic carbocycles. The van der Waals surface area contributed by atoms with E-state index in [1.54, 1.807) is 0 Å². The van der Waals surface area contributed by atoms with Crippen molar-refractivity contribution in [2.45, 2.75) is 26.2 Å². The number of unbranched alkanes of at least 4 members (excludes halogenated alkanes) is 2. The average molecular weight is 164 g/mol. The van der Waals surface area contributed by atoms with Gasteiger partial charge < -0.3 is 4.74 Å². The van der Waals surface area contributed by atoms with Crippen LogP contribution in [0.5, 0.6) is 0 Å². The number of rotatable bonds is 6. The Morgan fingerprint density at radius 3 is 2.64 bits per heavy atom. The van der Waals surface area contributed by atoms with Crippen LogP contribution in [0.4, 0.5) is 8.78 Å². The van der Waals surface area contributed by atoms with Crippen molar-refractivity contribution in [1.82, 2.24) is 0 Å². The molecule has 0 rings (SSSR count). The summed E-state index contributed by atoms with van der Waals surface area (Å²) in [6.07, 6.45) is 1.46. The fourth-order valence-corrected chi connectivity index (χ4v) is 0.704. The molecule has 0 N–H and O–H groups in total. The van der Waals surface area contributed by atoms with Crippen molar-refractivity contribution in [2.75, 3.05) is 13.2 Å². The van der Waals surface area contributed by atoms with Crippen LogP contribution in [0.1, 0.15) is 26.2 Å². The van der Waals surface area contributed by atoms with Crippen molar-refractivity contribution in [3.63, 3.8) is 0 Å². The third-order valence-corrected chi connectivity index (χ3v) is 1.25. The SMILES string of the molecule is CCOCCCCC=C(F)F. The van der Waals surface area contributed by atoms with E-state index in [1.807, 2.05) is 6.92 Å². The first-order valence-electron chi connectivity index (χ1n) is 3.86. The fourth-order valence-electron chi connectivity index (χ4n) is 0.704. The molecule has 0 radical (unpaired) electrons. The first-order valence-corrected chi connectivity index (χ1v) is 3.86. The fraction of sp³-hybridized carbons (Fsp3) is 0.750. The highest BCUT2D eigenvalue weighted by Gasteiger charge is 1.89. The van der Waals surface area contributed by atoms with Gasteiger partial charge in [-0.05, 0) is 32.3 Å². The second-order valence-electron chi connectivity index (χ2n) is 2.19. The first-order chi connectivity index (χ1) is 5.27. The maximum Gasteiger partial charge on any atom is 0.266 e. The number of hydrogen-bond acceptors (Lipinski definition) is 1. The molecule has 0 aromatic carbocycles. The number of hydrogen-bond donors (Lipinski definition) is 0. The van der Waals surface area contributed by atoms with Crippen molar-refractivity contribution in [2.24, 2.45) is 0 Å². The van der Waals surface area contributed by atoms with Crippen LogP contribution in [-0.2, 0) is 4.74 Å². The van der Waals surface area contributed by atoms with Crippen molar-refractivity contribution >= 4 is 0 Å². The minimum Gasteiger partial charge on any atom is -0.382 e. The lowest BCUT2D eigenvalue weighted by Crippen LogP contribution is -1.92. The van der Waals surface area contributed by atoms with E-state index in [0.717, 1.165) is 18.9 Å². The first kappa shape index (κ1) is 10.6. The van der Waals surface area contributed by atoms with E-state index in [1.165, 1.54) is 0 Å². The summed E-state index contributed by atoms with van der Waals surface area (Å²) in [5.41, 5.74) is 0. The molecule has 0 saturated carbocycles. The van der Waals surface area contributed by atoms with Gasteiger partial charge in [-0.3, -0.25) is 0 Å². The maximum absolute atomic E-state index is 11.4. The normalized spacial score (nSPS) is 9.73. The Hall–Kier alpha value is -0.440. The topological polar surface area (TPSA) is 9.23 Å². The van der Waals surface area contributed by atoms with Crippen LogP contribution in [-0.4, -0.2) is 13.2 Å². The molecule has 3 heteroatoms. The molecule has 0 amide bonds. The van der Waals surface area contributed by atoms with Crippen molar-refractivity contribution in [1.29, 1.82) is 0 Å². The summed E-state index contributed by atoms with van der Waals surface area (Å²) in [5.74, 6) is 0. The average Bonchev–Trinajstić information content (AvgIpc) is 1.96. The molecule has 0 unspecified atom stereocenters. The van der Waals surface area contributed by atoms with E-state index >= 15 is 0 Å². The van der Waals surface area contributed by atoms with Crippen LogP contribution in [0.3, 0.4) is 0 Å². The van der Waals surface area contributed by atoms with E-state index in [4.69, 9.17) is 4.74 Å². The van der Waals surface area contributed by atoms with Crippen molar-refractivity contribution in [3.8, 4) is 0 Å². The lowest BCUT2D eigenvalue weighted by molar-refractivity contribution is 0.143. The molecule has 0 fully saturated rings. The number of ether oxygens (including phenoxy) is 1. The molecular formula is C8H14F2O. The van der Waals surface area contributed by atoms with Gasteiger partial charge in [-0.2, -0.15) is 8.78 Å². The van der Waals surface area contributed by atoms with Gasteiger partial charge in [-0.25, -0.2) is 0 Å². The maximum atomic E-state index is 11.4. The van der Waals surface area contributed by atoms with Gasteiger partial charge in [0.2, 0.25) is 0 Å². The summed E-state index contributed by atoms with van der Waals surface area (Å²) in [4.78, 5) is 0. The zero-order valence-electron chi connectivity index (χ0n) is 6.78. The molecule has 0 aromatic rings. The molecule has 1 nitrogen and oxygen atoms in total. The van der Waals surface area contributed by atoms with Crippen LogP contribution in [0.15, 0.2) is 12.2 Å². The van der Waals surface area contributed by atoms with Gasteiger partial charge in [0.05, 0.1) is 0 Å². The van der Waals surface area contributed by atoms with Gasteiger partial charge >= 0.3 is 0 Å². The third kappa shape index (κ3) is 9.56. The van der Waals surface area contributed by atoms with Crippen molar-refractivity contribution in [3.05, 3.63) is 12.2 Å². The predicted octanol–water partition coefficient (Wildman–Crippen LogP) is 2.97. The summed E-state index contributed by atoms with van der Waals surface area (Å²) >= 11 is 0. The van der Waals surface area contributed by atoms with Gasteiger partial charge in [0.25, 0.3) is 6.08 Å². The van der Waals surface area contributed by atoms with Crippen LogP contribution in [0, 0.1) is 0 Å². The van der Waals surface area contributed by atoms with Crippen LogP contribution in [0.2, 0.25) is 0 Å². The molecular weight excluding hydrogens is 150 g/mol. The van der Waals surface area contributed by atoms with E-state index in [2.05, 4.69) is 0 Å². The van der Waals surface area contributed by atoms with E-state index < -0.39 is 6.08 Å². The summed E-state index contributed by atoms with van der Waals surface area (Å²) in [6, 6.07) is 0. The molecule has 0 bridgehead atoms. The molecule has 0 aromatic heterocycles. The van der Waals surface area contributed by atoms with Gasteiger partial charge in [-0.1, -0.05) is 0 Å². The van der Waals surface area contributed by atoms with E-state index in [0.29, 0.717) is 19.6 Å². The molecule has 11 heavy (non-hydrogen) atoms.